The summed E-state index contributed by atoms with van der Waals surface area (Å²) in [4.78, 5) is 36.9. The molecule has 0 N–H and O–H groups in total. The summed E-state index contributed by atoms with van der Waals surface area (Å²) in [6, 6.07) is 17.0. The lowest BCUT2D eigenvalue weighted by Crippen LogP contribution is -2.28. The Balaban J connectivity index is 2.36. The number of benzene rings is 2. The molecule has 2 rings (SSSR count). The van der Waals surface area contributed by atoms with Crippen LogP contribution in [0.2, 0.25) is 0 Å². The molecule has 0 aromatic heterocycles. The van der Waals surface area contributed by atoms with Gasteiger partial charge in [0.2, 0.25) is 11.6 Å². The Kier molecular flexibility index (Phi) is 4.77. The van der Waals surface area contributed by atoms with E-state index in [1.54, 1.807) is 67.6 Å². The summed E-state index contributed by atoms with van der Waals surface area (Å²) in [6.45, 7) is 1.69. The van der Waals surface area contributed by atoms with Crippen LogP contribution in [0.4, 0.5) is 0 Å². The van der Waals surface area contributed by atoms with E-state index in [1.165, 1.54) is 0 Å². The van der Waals surface area contributed by atoms with Gasteiger partial charge in [-0.1, -0.05) is 67.6 Å². The second-order valence-electron chi connectivity index (χ2n) is 4.72. The van der Waals surface area contributed by atoms with Crippen LogP contribution in [0.1, 0.15) is 35.2 Å². The third kappa shape index (κ3) is 3.31. The molecule has 2 aromatic carbocycles. The Labute approximate surface area is 123 Å². The van der Waals surface area contributed by atoms with Crippen LogP contribution < -0.4 is 0 Å². The van der Waals surface area contributed by atoms with Gasteiger partial charge in [0, 0.05) is 12.0 Å². The number of rotatable bonds is 6. The molecule has 1 atom stereocenters. The van der Waals surface area contributed by atoms with Crippen LogP contribution in [-0.4, -0.2) is 17.3 Å². The van der Waals surface area contributed by atoms with Gasteiger partial charge in [-0.3, -0.25) is 14.4 Å². The van der Waals surface area contributed by atoms with Crippen LogP contribution in [0, 0.1) is 0 Å². The minimum absolute atomic E-state index is 0.216. The zero-order valence-corrected chi connectivity index (χ0v) is 11.8. The Morgan fingerprint density at radius 3 is 1.90 bits per heavy atom. The monoisotopic (exact) mass is 280 g/mol. The van der Waals surface area contributed by atoms with E-state index < -0.39 is 17.5 Å². The van der Waals surface area contributed by atoms with E-state index in [-0.39, 0.29) is 12.2 Å². The van der Waals surface area contributed by atoms with Crippen molar-refractivity contribution in [2.45, 2.75) is 19.3 Å². The fourth-order valence-electron chi connectivity index (χ4n) is 2.20. The van der Waals surface area contributed by atoms with E-state index in [4.69, 9.17) is 0 Å². The maximum atomic E-state index is 12.5. The van der Waals surface area contributed by atoms with Crippen LogP contribution in [0.15, 0.2) is 60.7 Å². The summed E-state index contributed by atoms with van der Waals surface area (Å²) < 4.78 is 0. The topological polar surface area (TPSA) is 51.2 Å². The molecule has 0 bridgehead atoms. The van der Waals surface area contributed by atoms with Gasteiger partial charge in [-0.05, 0) is 5.56 Å². The molecule has 0 heterocycles. The van der Waals surface area contributed by atoms with E-state index in [1.807, 2.05) is 0 Å². The zero-order chi connectivity index (χ0) is 15.2. The summed E-state index contributed by atoms with van der Waals surface area (Å²) >= 11 is 0. The van der Waals surface area contributed by atoms with Crippen molar-refractivity contribution < 1.29 is 14.4 Å². The van der Waals surface area contributed by atoms with E-state index in [9.17, 15) is 14.4 Å². The van der Waals surface area contributed by atoms with E-state index >= 15 is 0 Å². The molecule has 3 nitrogen and oxygen atoms in total. The van der Waals surface area contributed by atoms with Gasteiger partial charge in [-0.25, -0.2) is 0 Å². The highest BCUT2D eigenvalue weighted by Gasteiger charge is 2.32. The molecule has 0 aliphatic rings. The van der Waals surface area contributed by atoms with Gasteiger partial charge in [0.25, 0.3) is 0 Å². The van der Waals surface area contributed by atoms with Crippen LogP contribution in [-0.2, 0) is 9.59 Å². The van der Waals surface area contributed by atoms with Gasteiger partial charge in [-0.15, -0.1) is 0 Å². The van der Waals surface area contributed by atoms with E-state index in [0.29, 0.717) is 11.1 Å². The van der Waals surface area contributed by atoms with Crippen molar-refractivity contribution in [2.75, 3.05) is 0 Å². The quantitative estimate of drug-likeness (QED) is 0.464. The molecule has 0 amide bonds. The van der Waals surface area contributed by atoms with Gasteiger partial charge in [0.15, 0.2) is 0 Å². The average Bonchev–Trinajstić information content (AvgIpc) is 2.55. The minimum atomic E-state index is -1.01. The first-order valence-electron chi connectivity index (χ1n) is 6.86. The van der Waals surface area contributed by atoms with Gasteiger partial charge >= 0.3 is 0 Å². The minimum Gasteiger partial charge on any atom is -0.299 e. The second-order valence-corrected chi connectivity index (χ2v) is 4.72. The molecule has 0 saturated carbocycles. The zero-order valence-electron chi connectivity index (χ0n) is 11.8. The second kappa shape index (κ2) is 6.75. The first kappa shape index (κ1) is 14.9. The van der Waals surface area contributed by atoms with Crippen molar-refractivity contribution in [2.24, 2.45) is 0 Å². The molecule has 1 unspecified atom stereocenters. The van der Waals surface area contributed by atoms with Gasteiger partial charge in [0.05, 0.1) is 0 Å². The highest BCUT2D eigenvalue weighted by atomic mass is 16.2. The lowest BCUT2D eigenvalue weighted by Gasteiger charge is -2.13. The van der Waals surface area contributed by atoms with Crippen molar-refractivity contribution in [1.29, 1.82) is 0 Å². The molecule has 0 fully saturated rings. The van der Waals surface area contributed by atoms with Crippen molar-refractivity contribution in [3.63, 3.8) is 0 Å². The number of hydrogen-bond acceptors (Lipinski definition) is 3. The van der Waals surface area contributed by atoms with Crippen molar-refractivity contribution in [1.82, 2.24) is 0 Å². The highest BCUT2D eigenvalue weighted by molar-refractivity contribution is 6.48. The van der Waals surface area contributed by atoms with Crippen LogP contribution in [0.25, 0.3) is 0 Å². The van der Waals surface area contributed by atoms with Crippen LogP contribution in [0.5, 0.6) is 0 Å². The molecule has 2 aromatic rings. The molecule has 0 spiro atoms. The molecule has 0 radical (unpaired) electrons. The number of ketones is 3. The molecular formula is C18H16O3. The van der Waals surface area contributed by atoms with E-state index in [0.717, 1.165) is 0 Å². The first-order chi connectivity index (χ1) is 10.1. The summed E-state index contributed by atoms with van der Waals surface area (Å²) in [5.74, 6) is -2.54. The van der Waals surface area contributed by atoms with Crippen LogP contribution in [0.3, 0.4) is 0 Å². The molecular weight excluding hydrogens is 264 g/mol. The lowest BCUT2D eigenvalue weighted by atomic mass is 9.86. The number of hydrogen-bond donors (Lipinski definition) is 0. The van der Waals surface area contributed by atoms with Gasteiger partial charge < -0.3 is 0 Å². The average molecular weight is 280 g/mol. The lowest BCUT2D eigenvalue weighted by molar-refractivity contribution is -0.127. The Morgan fingerprint density at radius 1 is 0.857 bits per heavy atom. The molecule has 3 heteroatoms. The Morgan fingerprint density at radius 2 is 1.38 bits per heavy atom. The summed E-state index contributed by atoms with van der Waals surface area (Å²) in [5, 5.41) is 0. The fraction of sp³-hybridized carbons (Fsp3) is 0.167. The maximum Gasteiger partial charge on any atom is 0.229 e. The predicted octanol–water partition coefficient (Wildman–Crippen LogP) is 3.20. The molecule has 21 heavy (non-hydrogen) atoms. The van der Waals surface area contributed by atoms with Gasteiger partial charge in [-0.2, -0.15) is 0 Å². The molecule has 0 aliphatic heterocycles. The SMILES string of the molecule is CCC(=O)C(C(=O)C(=O)c1ccccc1)c1ccccc1. The fourth-order valence-corrected chi connectivity index (χ4v) is 2.20. The normalized spacial score (nSPS) is 11.7. The number of carbonyl (C=O) groups is 3. The summed E-state index contributed by atoms with van der Waals surface area (Å²) in [5.41, 5.74) is 0.881. The summed E-state index contributed by atoms with van der Waals surface area (Å²) in [6.07, 6.45) is 0.216. The maximum absolute atomic E-state index is 12.5. The predicted molar refractivity (Wildman–Crippen MR) is 80.3 cm³/mol. The highest BCUT2D eigenvalue weighted by Crippen LogP contribution is 2.21. The first-order valence-corrected chi connectivity index (χ1v) is 6.86. The Hall–Kier alpha value is -2.55. The van der Waals surface area contributed by atoms with Crippen molar-refractivity contribution >= 4 is 17.3 Å². The third-order valence-corrected chi connectivity index (χ3v) is 3.33. The van der Waals surface area contributed by atoms with Crippen LogP contribution >= 0.6 is 0 Å². The number of Topliss-reactive ketones (excluding diaryl/α,β-unsaturated/α-hetero) is 3. The summed E-state index contributed by atoms with van der Waals surface area (Å²) in [7, 11) is 0. The van der Waals surface area contributed by atoms with Crippen molar-refractivity contribution in [3.8, 4) is 0 Å². The number of carbonyl (C=O) groups excluding carboxylic acids is 3. The molecule has 106 valence electrons. The van der Waals surface area contributed by atoms with E-state index in [2.05, 4.69) is 0 Å². The molecule has 0 saturated heterocycles. The van der Waals surface area contributed by atoms with Crippen molar-refractivity contribution in [3.05, 3.63) is 71.8 Å². The smallest absolute Gasteiger partial charge is 0.229 e. The molecule has 0 aliphatic carbocycles. The Bertz CT molecular complexity index is 645. The van der Waals surface area contributed by atoms with Gasteiger partial charge in [0.1, 0.15) is 11.7 Å². The standard InChI is InChI=1S/C18H16O3/c1-2-15(19)16(13-9-5-3-6-10-13)18(21)17(20)14-11-7-4-8-12-14/h3-12,16H,2H2,1H3. The third-order valence-electron chi connectivity index (χ3n) is 3.33. The largest absolute Gasteiger partial charge is 0.299 e.